The van der Waals surface area contributed by atoms with Gasteiger partial charge in [0.15, 0.2) is 11.4 Å². The van der Waals surface area contributed by atoms with Gasteiger partial charge in [-0.1, -0.05) is 39.3 Å². The smallest absolute Gasteiger partial charge is 0.306 e. The second kappa shape index (κ2) is 7.51. The second-order valence-corrected chi connectivity index (χ2v) is 11.2. The van der Waals surface area contributed by atoms with Crippen molar-refractivity contribution in [3.05, 3.63) is 23.8 Å². The number of aliphatic hydroxyl groups is 2. The Morgan fingerprint density at radius 1 is 1.28 bits per heavy atom. The van der Waals surface area contributed by atoms with E-state index in [4.69, 9.17) is 16.3 Å². The van der Waals surface area contributed by atoms with Crippen LogP contribution in [0, 0.1) is 28.6 Å². The molecule has 0 radical (unpaired) electrons. The van der Waals surface area contributed by atoms with Crippen LogP contribution in [-0.2, 0) is 19.1 Å². The first-order chi connectivity index (χ1) is 14.9. The van der Waals surface area contributed by atoms with Gasteiger partial charge in [-0.15, -0.1) is 11.6 Å². The molecule has 0 amide bonds. The Balaban J connectivity index is 1.85. The van der Waals surface area contributed by atoms with E-state index in [2.05, 4.69) is 0 Å². The number of ether oxygens (including phenoxy) is 1. The number of ketones is 2. The molecule has 4 aliphatic carbocycles. The van der Waals surface area contributed by atoms with Gasteiger partial charge < -0.3 is 14.9 Å². The van der Waals surface area contributed by atoms with E-state index >= 15 is 0 Å². The first kappa shape index (κ1) is 23.7. The van der Waals surface area contributed by atoms with E-state index in [1.54, 1.807) is 13.0 Å². The number of hydrogen-bond donors (Lipinski definition) is 2. The zero-order valence-electron chi connectivity index (χ0n) is 19.2. The van der Waals surface area contributed by atoms with Gasteiger partial charge in [0.25, 0.3) is 0 Å². The number of carbonyl (C=O) groups is 3. The van der Waals surface area contributed by atoms with Gasteiger partial charge in [-0.25, -0.2) is 0 Å². The highest BCUT2D eigenvalue weighted by Gasteiger charge is 2.76. The molecule has 176 valence electrons. The molecule has 4 rings (SSSR count). The van der Waals surface area contributed by atoms with Gasteiger partial charge in [-0.2, -0.15) is 0 Å². The van der Waals surface area contributed by atoms with Gasteiger partial charge in [0.05, 0.1) is 11.0 Å². The van der Waals surface area contributed by atoms with Gasteiger partial charge in [0, 0.05) is 23.2 Å². The minimum absolute atomic E-state index is 0.0696. The molecular weight excluding hydrogens is 432 g/mol. The number of rotatable bonds is 4. The van der Waals surface area contributed by atoms with E-state index in [9.17, 15) is 24.6 Å². The summed E-state index contributed by atoms with van der Waals surface area (Å²) in [5, 5.41) is 21.5. The molecule has 32 heavy (non-hydrogen) atoms. The fourth-order valence-corrected chi connectivity index (χ4v) is 8.29. The molecule has 3 saturated carbocycles. The minimum atomic E-state index is -1.51. The average molecular weight is 465 g/mol. The van der Waals surface area contributed by atoms with Crippen LogP contribution in [0.15, 0.2) is 23.8 Å². The summed E-state index contributed by atoms with van der Waals surface area (Å²) in [7, 11) is 0. The number of esters is 1. The van der Waals surface area contributed by atoms with Crippen LogP contribution in [0.1, 0.15) is 59.8 Å². The van der Waals surface area contributed by atoms with Gasteiger partial charge in [0.1, 0.15) is 6.61 Å². The zero-order chi connectivity index (χ0) is 23.7. The second-order valence-electron chi connectivity index (χ2n) is 10.5. The molecule has 7 heteroatoms. The topological polar surface area (TPSA) is 101 Å². The predicted octanol–water partition coefficient (Wildman–Crippen LogP) is 3.13. The number of fused-ring (bicyclic) bond motifs is 5. The van der Waals surface area contributed by atoms with Gasteiger partial charge in [0.2, 0.25) is 5.78 Å². The zero-order valence-corrected chi connectivity index (χ0v) is 19.9. The van der Waals surface area contributed by atoms with E-state index in [-0.39, 0.29) is 36.4 Å². The maximum Gasteiger partial charge on any atom is 0.306 e. The molecule has 4 aliphatic rings. The lowest BCUT2D eigenvalue weighted by atomic mass is 9.45. The number of hydrogen-bond acceptors (Lipinski definition) is 6. The van der Waals surface area contributed by atoms with Gasteiger partial charge >= 0.3 is 5.97 Å². The summed E-state index contributed by atoms with van der Waals surface area (Å²) in [5.74, 6) is -1.66. The lowest BCUT2D eigenvalue weighted by Crippen LogP contribution is -2.69. The van der Waals surface area contributed by atoms with Crippen LogP contribution in [0.4, 0.5) is 0 Å². The van der Waals surface area contributed by atoms with Crippen molar-refractivity contribution in [3.63, 3.8) is 0 Å². The molecule has 0 saturated heterocycles. The van der Waals surface area contributed by atoms with Crippen molar-refractivity contribution in [2.45, 2.75) is 76.4 Å². The van der Waals surface area contributed by atoms with Crippen molar-refractivity contribution >= 4 is 29.1 Å². The summed E-state index contributed by atoms with van der Waals surface area (Å²) in [6.45, 7) is 6.72. The quantitative estimate of drug-likeness (QED) is 0.489. The largest absolute Gasteiger partial charge is 0.450 e. The van der Waals surface area contributed by atoms with E-state index in [0.29, 0.717) is 19.3 Å². The lowest BCUT2D eigenvalue weighted by Gasteiger charge is -2.64. The summed E-state index contributed by atoms with van der Waals surface area (Å²) >= 11 is 7.41. The Labute approximate surface area is 194 Å². The van der Waals surface area contributed by atoms with E-state index < -0.39 is 45.8 Å². The van der Waals surface area contributed by atoms with Crippen molar-refractivity contribution in [2.75, 3.05) is 6.61 Å². The van der Waals surface area contributed by atoms with Crippen molar-refractivity contribution in [2.24, 2.45) is 28.6 Å². The molecule has 0 aromatic heterocycles. The Bertz CT molecular complexity index is 925. The third kappa shape index (κ3) is 2.69. The maximum atomic E-state index is 13.2. The monoisotopic (exact) mass is 464 g/mol. The van der Waals surface area contributed by atoms with Crippen LogP contribution < -0.4 is 0 Å². The third-order valence-corrected chi connectivity index (χ3v) is 10.2. The van der Waals surface area contributed by atoms with Crippen molar-refractivity contribution < 1.29 is 29.3 Å². The Morgan fingerprint density at radius 3 is 2.59 bits per heavy atom. The number of allylic oxidation sites excluding steroid dienone is 4. The predicted molar refractivity (Wildman–Crippen MR) is 119 cm³/mol. The summed E-state index contributed by atoms with van der Waals surface area (Å²) in [6.07, 6.45) is 6.21. The highest BCUT2D eigenvalue weighted by atomic mass is 35.5. The fraction of sp³-hybridized carbons (Fsp3) is 0.720. The third-order valence-electron chi connectivity index (χ3n) is 9.30. The van der Waals surface area contributed by atoms with Crippen molar-refractivity contribution in [1.82, 2.24) is 0 Å². The SMILES string of the molecule is CCC(=O)O[C@]1(C(=O)CO)[C@@H](C)C[C@H]2[C@@H]3CCC4=CC(=O)C=C[C@]4(C)[C@]3(Cl)[C@@H](O)C[C@@]21C. The highest BCUT2D eigenvalue weighted by Crippen LogP contribution is 2.72. The van der Waals surface area contributed by atoms with E-state index in [0.717, 1.165) is 5.57 Å². The Morgan fingerprint density at radius 2 is 1.97 bits per heavy atom. The summed E-state index contributed by atoms with van der Waals surface area (Å²) in [4.78, 5) is 36.7. The molecule has 2 N–H and O–H groups in total. The molecule has 0 aromatic rings. The molecule has 0 aliphatic heterocycles. The number of carbonyl (C=O) groups excluding carboxylic acids is 3. The molecule has 0 heterocycles. The first-order valence-corrected chi connectivity index (χ1v) is 12.0. The standard InChI is InChI=1S/C25H33ClO6/c1-5-21(31)32-25(20(30)13-27)14(2)10-18-17-7-6-15-11-16(28)8-9-22(15,3)24(17,26)19(29)12-23(18,25)4/h8-9,11,14,17-19,27,29H,5-7,10,12-13H2,1-4H3/t14-,17-,18-,19-,22-,23-,24+,25-/m0/s1. The van der Waals surface area contributed by atoms with Crippen molar-refractivity contribution in [1.29, 1.82) is 0 Å². The summed E-state index contributed by atoms with van der Waals surface area (Å²) < 4.78 is 5.92. The summed E-state index contributed by atoms with van der Waals surface area (Å²) in [6, 6.07) is 0. The van der Waals surface area contributed by atoms with Crippen LogP contribution in [0.3, 0.4) is 0 Å². The van der Waals surface area contributed by atoms with Crippen LogP contribution in [0.2, 0.25) is 0 Å². The molecule has 0 bridgehead atoms. The van der Waals surface area contributed by atoms with Crippen LogP contribution in [0.5, 0.6) is 0 Å². The number of Topliss-reactive ketones (excluding diaryl/α,β-unsaturated/α-hetero) is 1. The van der Waals surface area contributed by atoms with Crippen molar-refractivity contribution in [3.8, 4) is 0 Å². The number of halogens is 1. The van der Waals surface area contributed by atoms with Crippen LogP contribution in [0.25, 0.3) is 0 Å². The molecule has 3 fully saturated rings. The minimum Gasteiger partial charge on any atom is -0.450 e. The maximum absolute atomic E-state index is 13.2. The number of alkyl halides is 1. The molecule has 0 unspecified atom stereocenters. The normalized spacial score (nSPS) is 47.2. The average Bonchev–Trinajstić information content (AvgIpc) is 2.96. The summed E-state index contributed by atoms with van der Waals surface area (Å²) in [5.41, 5.74) is -2.14. The molecule has 8 atom stereocenters. The van der Waals surface area contributed by atoms with Gasteiger partial charge in [-0.3, -0.25) is 14.4 Å². The van der Waals surface area contributed by atoms with E-state index in [1.165, 1.54) is 6.08 Å². The molecule has 0 spiro atoms. The fourth-order valence-electron chi connectivity index (χ4n) is 7.77. The van der Waals surface area contributed by atoms with E-state index in [1.807, 2.05) is 26.8 Å². The first-order valence-electron chi connectivity index (χ1n) is 11.6. The molecule has 6 nitrogen and oxygen atoms in total. The lowest BCUT2D eigenvalue weighted by molar-refractivity contribution is -0.202. The molecule has 0 aromatic carbocycles. The Kier molecular flexibility index (Phi) is 5.55. The number of aliphatic hydroxyl groups excluding tert-OH is 2. The van der Waals surface area contributed by atoms with Crippen LogP contribution in [-0.4, -0.2) is 50.9 Å². The Hall–Kier alpha value is -1.50. The molecular formula is C25H33ClO6. The van der Waals surface area contributed by atoms with Crippen LogP contribution >= 0.6 is 11.6 Å². The van der Waals surface area contributed by atoms with Gasteiger partial charge in [-0.05, 0) is 49.7 Å². The highest BCUT2D eigenvalue weighted by molar-refractivity contribution is 6.26.